The molecule has 0 saturated carbocycles. The van der Waals surface area contributed by atoms with Gasteiger partial charge in [-0.3, -0.25) is 4.79 Å². The second-order valence-corrected chi connectivity index (χ2v) is 4.58. The predicted molar refractivity (Wildman–Crippen MR) is 76.8 cm³/mol. The highest BCUT2D eigenvalue weighted by molar-refractivity contribution is 5.94. The van der Waals surface area contributed by atoms with Crippen molar-refractivity contribution in [3.8, 4) is 0 Å². The highest BCUT2D eigenvalue weighted by Gasteiger charge is 2.21. The first-order valence-corrected chi connectivity index (χ1v) is 6.42. The van der Waals surface area contributed by atoms with Crippen molar-refractivity contribution in [3.05, 3.63) is 65.7 Å². The van der Waals surface area contributed by atoms with Gasteiger partial charge in [0.25, 0.3) is 5.91 Å². The number of benzene rings is 2. The van der Waals surface area contributed by atoms with Gasteiger partial charge in [0, 0.05) is 11.3 Å². The van der Waals surface area contributed by atoms with E-state index < -0.39 is 0 Å². The molecule has 0 aliphatic carbocycles. The number of nitrogens with one attached hydrogen (secondary N) is 1. The maximum atomic E-state index is 12.3. The largest absolute Gasteiger partial charge is 0.335 e. The van der Waals surface area contributed by atoms with Crippen molar-refractivity contribution in [1.82, 2.24) is 0 Å². The highest BCUT2D eigenvalue weighted by Crippen LogP contribution is 2.13. The summed E-state index contributed by atoms with van der Waals surface area (Å²) in [7, 11) is 1.91. The average molecular weight is 255 g/mol. The monoisotopic (exact) mass is 255 g/mol. The molecule has 2 aromatic carbocycles. The first kappa shape index (κ1) is 13.3. The van der Waals surface area contributed by atoms with E-state index in [-0.39, 0.29) is 11.9 Å². The molecule has 0 heterocycles. The molecule has 0 spiro atoms. The van der Waals surface area contributed by atoms with Crippen LogP contribution in [0, 0.1) is 6.92 Å². The van der Waals surface area contributed by atoms with Crippen molar-refractivity contribution in [2.45, 2.75) is 13.0 Å². The first-order chi connectivity index (χ1) is 9.20. The SMILES string of the molecule is C[NH2+][C@@H](C(=O)Nc1ccc(C)cc1)c1ccccc1. The normalized spacial score (nSPS) is 11.9. The number of nitrogens with two attached hydrogens (primary N) is 1. The quantitative estimate of drug-likeness (QED) is 0.860. The van der Waals surface area contributed by atoms with Crippen LogP contribution >= 0.6 is 0 Å². The Balaban J connectivity index is 2.11. The van der Waals surface area contributed by atoms with Gasteiger partial charge in [-0.1, -0.05) is 48.0 Å². The molecule has 0 aromatic heterocycles. The van der Waals surface area contributed by atoms with Gasteiger partial charge in [0.15, 0.2) is 6.04 Å². The van der Waals surface area contributed by atoms with E-state index in [0.29, 0.717) is 0 Å². The van der Waals surface area contributed by atoms with Crippen LogP contribution in [0.15, 0.2) is 54.6 Å². The van der Waals surface area contributed by atoms with Gasteiger partial charge in [-0.15, -0.1) is 0 Å². The third-order valence-electron chi connectivity index (χ3n) is 3.09. The van der Waals surface area contributed by atoms with Crippen LogP contribution in [0.4, 0.5) is 5.69 Å². The van der Waals surface area contributed by atoms with E-state index in [1.54, 1.807) is 0 Å². The zero-order chi connectivity index (χ0) is 13.7. The third-order valence-corrected chi connectivity index (χ3v) is 3.09. The average Bonchev–Trinajstić information content (AvgIpc) is 2.43. The molecule has 3 nitrogen and oxygen atoms in total. The fraction of sp³-hybridized carbons (Fsp3) is 0.188. The number of carbonyl (C=O) groups excluding carboxylic acids is 1. The summed E-state index contributed by atoms with van der Waals surface area (Å²) in [6.45, 7) is 2.03. The molecule has 0 radical (unpaired) electrons. The number of hydrogen-bond acceptors (Lipinski definition) is 1. The molecule has 2 aromatic rings. The van der Waals surface area contributed by atoms with Gasteiger partial charge >= 0.3 is 0 Å². The number of likely N-dealkylation sites (N-methyl/N-ethyl adjacent to an activating group) is 1. The fourth-order valence-electron chi connectivity index (χ4n) is 2.01. The molecule has 3 N–H and O–H groups in total. The molecule has 2 rings (SSSR count). The molecule has 0 bridgehead atoms. The second-order valence-electron chi connectivity index (χ2n) is 4.58. The summed E-state index contributed by atoms with van der Waals surface area (Å²) in [6, 6.07) is 17.4. The van der Waals surface area contributed by atoms with E-state index in [4.69, 9.17) is 0 Å². The van der Waals surface area contributed by atoms with Crippen molar-refractivity contribution >= 4 is 11.6 Å². The topological polar surface area (TPSA) is 45.7 Å². The van der Waals surface area contributed by atoms with Crippen molar-refractivity contribution < 1.29 is 10.1 Å². The summed E-state index contributed by atoms with van der Waals surface area (Å²) in [4.78, 5) is 12.3. The third kappa shape index (κ3) is 3.42. The van der Waals surface area contributed by atoms with E-state index in [9.17, 15) is 4.79 Å². The van der Waals surface area contributed by atoms with Gasteiger partial charge in [0.2, 0.25) is 0 Å². The molecule has 19 heavy (non-hydrogen) atoms. The second kappa shape index (κ2) is 6.16. The molecule has 0 aliphatic rings. The van der Waals surface area contributed by atoms with Gasteiger partial charge in [0.05, 0.1) is 7.05 Å². The molecule has 98 valence electrons. The van der Waals surface area contributed by atoms with Gasteiger partial charge in [-0.25, -0.2) is 0 Å². The van der Waals surface area contributed by atoms with Crippen LogP contribution in [-0.2, 0) is 4.79 Å². The molecule has 3 heteroatoms. The van der Waals surface area contributed by atoms with Gasteiger partial charge < -0.3 is 10.6 Å². The summed E-state index contributed by atoms with van der Waals surface area (Å²) in [5.74, 6) is -0.00227. The Morgan fingerprint density at radius 2 is 1.68 bits per heavy atom. The summed E-state index contributed by atoms with van der Waals surface area (Å²) in [5, 5.41) is 4.86. The minimum absolute atomic E-state index is 0.00227. The standard InChI is InChI=1S/C16H18N2O/c1-12-8-10-14(11-9-12)18-16(19)15(17-2)13-6-4-3-5-7-13/h3-11,15,17H,1-2H3,(H,18,19)/p+1/t15-/m1/s1. The van der Waals surface area contributed by atoms with E-state index in [2.05, 4.69) is 5.32 Å². The summed E-state index contributed by atoms with van der Waals surface area (Å²) < 4.78 is 0. The van der Waals surface area contributed by atoms with Gasteiger partial charge in [-0.05, 0) is 19.1 Å². The Hall–Kier alpha value is -2.13. The van der Waals surface area contributed by atoms with Crippen molar-refractivity contribution in [3.63, 3.8) is 0 Å². The van der Waals surface area contributed by atoms with Gasteiger partial charge in [-0.2, -0.15) is 0 Å². The zero-order valence-corrected chi connectivity index (χ0v) is 11.3. The smallest absolute Gasteiger partial charge is 0.287 e. The molecule has 1 amide bonds. The van der Waals surface area contributed by atoms with Crippen LogP contribution < -0.4 is 10.6 Å². The minimum Gasteiger partial charge on any atom is -0.335 e. The van der Waals surface area contributed by atoms with E-state index >= 15 is 0 Å². The zero-order valence-electron chi connectivity index (χ0n) is 11.3. The van der Waals surface area contributed by atoms with Gasteiger partial charge in [0.1, 0.15) is 0 Å². The lowest BCUT2D eigenvalue weighted by Gasteiger charge is -2.13. The summed E-state index contributed by atoms with van der Waals surface area (Å²) >= 11 is 0. The van der Waals surface area contributed by atoms with E-state index in [1.165, 1.54) is 5.56 Å². The lowest BCUT2D eigenvalue weighted by atomic mass is 10.1. The number of hydrogen-bond donors (Lipinski definition) is 2. The molecular weight excluding hydrogens is 236 g/mol. The van der Waals surface area contributed by atoms with Crippen molar-refractivity contribution in [2.75, 3.05) is 12.4 Å². The Morgan fingerprint density at radius 1 is 1.05 bits per heavy atom. The first-order valence-electron chi connectivity index (χ1n) is 6.42. The number of rotatable bonds is 4. The van der Waals surface area contributed by atoms with Crippen LogP contribution in [0.2, 0.25) is 0 Å². The highest BCUT2D eigenvalue weighted by atomic mass is 16.2. The van der Waals surface area contributed by atoms with Crippen LogP contribution in [0.1, 0.15) is 17.2 Å². The number of anilines is 1. The maximum Gasteiger partial charge on any atom is 0.287 e. The summed E-state index contributed by atoms with van der Waals surface area (Å²) in [5.41, 5.74) is 3.02. The summed E-state index contributed by atoms with van der Waals surface area (Å²) in [6.07, 6.45) is 0. The lowest BCUT2D eigenvalue weighted by Crippen LogP contribution is -2.83. The number of carbonyl (C=O) groups is 1. The molecular formula is C16H19N2O+. The lowest BCUT2D eigenvalue weighted by molar-refractivity contribution is -0.656. The molecule has 0 saturated heterocycles. The van der Waals surface area contributed by atoms with Crippen LogP contribution in [0.5, 0.6) is 0 Å². The minimum atomic E-state index is -0.220. The van der Waals surface area contributed by atoms with Crippen molar-refractivity contribution in [2.24, 2.45) is 0 Å². The number of quaternary nitrogens is 1. The molecule has 0 fully saturated rings. The Bertz CT molecular complexity index is 534. The maximum absolute atomic E-state index is 12.3. The van der Waals surface area contributed by atoms with Crippen molar-refractivity contribution in [1.29, 1.82) is 0 Å². The Kier molecular flexibility index (Phi) is 4.31. The molecule has 0 unspecified atom stereocenters. The van der Waals surface area contributed by atoms with Crippen LogP contribution in [0.3, 0.4) is 0 Å². The number of amides is 1. The fourth-order valence-corrected chi connectivity index (χ4v) is 2.01. The Morgan fingerprint density at radius 3 is 2.26 bits per heavy atom. The molecule has 0 aliphatic heterocycles. The molecule has 1 atom stereocenters. The van der Waals surface area contributed by atoms with E-state index in [0.717, 1.165) is 11.3 Å². The predicted octanol–water partition coefficient (Wildman–Crippen LogP) is 1.87. The number of aryl methyl sites for hydroxylation is 1. The van der Waals surface area contributed by atoms with Crippen LogP contribution in [-0.4, -0.2) is 13.0 Å². The Labute approximate surface area is 113 Å². The van der Waals surface area contributed by atoms with E-state index in [1.807, 2.05) is 73.9 Å². The van der Waals surface area contributed by atoms with Crippen LogP contribution in [0.25, 0.3) is 0 Å².